The lowest BCUT2D eigenvalue weighted by atomic mass is 9.79. The van der Waals surface area contributed by atoms with Gasteiger partial charge in [0.05, 0.1) is 5.60 Å². The summed E-state index contributed by atoms with van der Waals surface area (Å²) < 4.78 is 0. The maximum atomic E-state index is 10.8. The summed E-state index contributed by atoms with van der Waals surface area (Å²) in [6, 6.07) is 8.85. The van der Waals surface area contributed by atoms with Gasteiger partial charge in [0, 0.05) is 6.42 Å². The van der Waals surface area contributed by atoms with Gasteiger partial charge in [0.25, 0.3) is 0 Å². The Kier molecular flexibility index (Phi) is 2.97. The Morgan fingerprint density at radius 3 is 2.44 bits per heavy atom. The first-order valence-electron chi connectivity index (χ1n) is 7.38. The molecule has 3 rings (SSSR count). The van der Waals surface area contributed by atoms with Gasteiger partial charge in [-0.15, -0.1) is 0 Å². The maximum Gasteiger partial charge on any atom is 0.0718 e. The number of hydrogen-bond donors (Lipinski definition) is 1. The molecule has 2 bridgehead atoms. The highest BCUT2D eigenvalue weighted by Gasteiger charge is 2.49. The minimum absolute atomic E-state index is 0.401. The Morgan fingerprint density at radius 1 is 1.22 bits per heavy atom. The monoisotopic (exact) mass is 244 g/mol. The first-order valence-corrected chi connectivity index (χ1v) is 7.38. The molecule has 3 unspecified atom stereocenters. The van der Waals surface area contributed by atoms with Gasteiger partial charge in [-0.3, -0.25) is 0 Å². The summed E-state index contributed by atoms with van der Waals surface area (Å²) in [7, 11) is 0. The molecule has 0 heterocycles. The molecule has 98 valence electrons. The SMILES string of the molecule is CC(C)c1ccc(CC2(O)CC3CCC2C3)cc1. The molecule has 0 amide bonds. The van der Waals surface area contributed by atoms with Crippen LogP contribution in [0.2, 0.25) is 0 Å². The Labute approximate surface area is 110 Å². The molecule has 1 heteroatoms. The van der Waals surface area contributed by atoms with Gasteiger partial charge in [-0.1, -0.05) is 38.1 Å². The van der Waals surface area contributed by atoms with Crippen LogP contribution in [0.25, 0.3) is 0 Å². The molecule has 0 aromatic heterocycles. The van der Waals surface area contributed by atoms with Crippen molar-refractivity contribution in [3.8, 4) is 0 Å². The summed E-state index contributed by atoms with van der Waals surface area (Å²) in [6.07, 6.45) is 5.74. The van der Waals surface area contributed by atoms with E-state index in [2.05, 4.69) is 38.1 Å². The molecule has 1 aromatic rings. The second kappa shape index (κ2) is 4.38. The number of benzene rings is 1. The lowest BCUT2D eigenvalue weighted by molar-refractivity contribution is -0.0125. The van der Waals surface area contributed by atoms with Crippen LogP contribution in [0.1, 0.15) is 56.6 Å². The lowest BCUT2D eigenvalue weighted by Crippen LogP contribution is -2.37. The maximum absolute atomic E-state index is 10.8. The van der Waals surface area contributed by atoms with Gasteiger partial charge in [0.15, 0.2) is 0 Å². The Morgan fingerprint density at radius 2 is 1.94 bits per heavy atom. The molecule has 0 spiro atoms. The third kappa shape index (κ3) is 2.09. The molecule has 0 aliphatic heterocycles. The summed E-state index contributed by atoms with van der Waals surface area (Å²) in [5.74, 6) is 1.95. The van der Waals surface area contributed by atoms with E-state index in [1.54, 1.807) is 0 Å². The zero-order chi connectivity index (χ0) is 12.8. The van der Waals surface area contributed by atoms with Gasteiger partial charge in [-0.25, -0.2) is 0 Å². The van der Waals surface area contributed by atoms with Crippen molar-refractivity contribution < 1.29 is 5.11 Å². The average Bonchev–Trinajstić information content (AvgIpc) is 2.89. The van der Waals surface area contributed by atoms with Gasteiger partial charge in [0.2, 0.25) is 0 Å². The molecule has 1 N–H and O–H groups in total. The van der Waals surface area contributed by atoms with Crippen LogP contribution in [0, 0.1) is 11.8 Å². The fraction of sp³-hybridized carbons (Fsp3) is 0.647. The molecule has 2 fully saturated rings. The van der Waals surface area contributed by atoms with E-state index in [9.17, 15) is 5.11 Å². The van der Waals surface area contributed by atoms with Crippen LogP contribution in [0.15, 0.2) is 24.3 Å². The molecule has 0 radical (unpaired) electrons. The van der Waals surface area contributed by atoms with Gasteiger partial charge >= 0.3 is 0 Å². The van der Waals surface area contributed by atoms with E-state index < -0.39 is 5.60 Å². The first-order chi connectivity index (χ1) is 8.57. The predicted molar refractivity (Wildman–Crippen MR) is 74.6 cm³/mol. The summed E-state index contributed by atoms with van der Waals surface area (Å²) in [4.78, 5) is 0. The minimum Gasteiger partial charge on any atom is -0.389 e. The highest BCUT2D eigenvalue weighted by Crippen LogP contribution is 2.51. The molecule has 2 saturated carbocycles. The third-order valence-corrected chi connectivity index (χ3v) is 5.10. The smallest absolute Gasteiger partial charge is 0.0718 e. The van der Waals surface area contributed by atoms with Crippen molar-refractivity contribution in [2.75, 3.05) is 0 Å². The average molecular weight is 244 g/mol. The summed E-state index contributed by atoms with van der Waals surface area (Å²) in [6.45, 7) is 4.44. The first kappa shape index (κ1) is 12.2. The van der Waals surface area contributed by atoms with Crippen molar-refractivity contribution >= 4 is 0 Å². The molecule has 2 aliphatic carbocycles. The molecule has 0 saturated heterocycles. The van der Waals surface area contributed by atoms with Crippen molar-refractivity contribution in [2.45, 2.75) is 57.5 Å². The van der Waals surface area contributed by atoms with Crippen LogP contribution >= 0.6 is 0 Å². The second-order valence-corrected chi connectivity index (χ2v) is 6.76. The molecule has 1 aromatic carbocycles. The van der Waals surface area contributed by atoms with Crippen molar-refractivity contribution in [2.24, 2.45) is 11.8 Å². The fourth-order valence-electron chi connectivity index (χ4n) is 4.01. The summed E-state index contributed by atoms with van der Waals surface area (Å²) >= 11 is 0. The Balaban J connectivity index is 1.73. The Hall–Kier alpha value is -0.820. The van der Waals surface area contributed by atoms with E-state index in [0.717, 1.165) is 18.8 Å². The predicted octanol–water partition coefficient (Wildman–Crippen LogP) is 3.90. The summed E-state index contributed by atoms with van der Waals surface area (Å²) in [5.41, 5.74) is 2.29. The largest absolute Gasteiger partial charge is 0.389 e. The molecule has 18 heavy (non-hydrogen) atoms. The van der Waals surface area contributed by atoms with Crippen LogP contribution in [-0.2, 0) is 6.42 Å². The number of aliphatic hydroxyl groups is 1. The van der Waals surface area contributed by atoms with E-state index in [-0.39, 0.29) is 0 Å². The topological polar surface area (TPSA) is 20.2 Å². The highest BCUT2D eigenvalue weighted by molar-refractivity contribution is 5.26. The van der Waals surface area contributed by atoms with Gasteiger partial charge in [-0.2, -0.15) is 0 Å². The Bertz CT molecular complexity index is 420. The minimum atomic E-state index is -0.401. The standard InChI is InChI=1S/C17H24O/c1-12(2)15-6-3-13(4-7-15)10-17(18)11-14-5-8-16(17)9-14/h3-4,6-7,12,14,16,18H,5,8-11H2,1-2H3. The van der Waals surface area contributed by atoms with Crippen LogP contribution in [-0.4, -0.2) is 10.7 Å². The van der Waals surface area contributed by atoms with E-state index in [4.69, 9.17) is 0 Å². The number of hydrogen-bond acceptors (Lipinski definition) is 1. The summed E-state index contributed by atoms with van der Waals surface area (Å²) in [5, 5.41) is 10.8. The molecule has 3 atom stereocenters. The lowest BCUT2D eigenvalue weighted by Gasteiger charge is -2.32. The molecular weight excluding hydrogens is 220 g/mol. The van der Waals surface area contributed by atoms with Crippen molar-refractivity contribution in [1.29, 1.82) is 0 Å². The van der Waals surface area contributed by atoms with Crippen LogP contribution in [0.3, 0.4) is 0 Å². The van der Waals surface area contributed by atoms with Crippen molar-refractivity contribution in [1.82, 2.24) is 0 Å². The van der Waals surface area contributed by atoms with E-state index >= 15 is 0 Å². The van der Waals surface area contributed by atoms with Gasteiger partial charge in [-0.05, 0) is 54.6 Å². The van der Waals surface area contributed by atoms with Gasteiger partial charge in [0.1, 0.15) is 0 Å². The third-order valence-electron chi connectivity index (χ3n) is 5.10. The quantitative estimate of drug-likeness (QED) is 0.855. The zero-order valence-electron chi connectivity index (χ0n) is 11.5. The van der Waals surface area contributed by atoms with Crippen LogP contribution < -0.4 is 0 Å². The fourth-order valence-corrected chi connectivity index (χ4v) is 4.01. The second-order valence-electron chi connectivity index (χ2n) is 6.76. The van der Waals surface area contributed by atoms with Gasteiger partial charge < -0.3 is 5.11 Å². The van der Waals surface area contributed by atoms with E-state index in [1.165, 1.54) is 30.4 Å². The highest BCUT2D eigenvalue weighted by atomic mass is 16.3. The van der Waals surface area contributed by atoms with Crippen molar-refractivity contribution in [3.05, 3.63) is 35.4 Å². The molecular formula is C17H24O. The van der Waals surface area contributed by atoms with Crippen molar-refractivity contribution in [3.63, 3.8) is 0 Å². The van der Waals surface area contributed by atoms with Crippen LogP contribution in [0.5, 0.6) is 0 Å². The number of rotatable bonds is 3. The number of fused-ring (bicyclic) bond motifs is 2. The normalized spacial score (nSPS) is 34.4. The molecule has 1 nitrogen and oxygen atoms in total. The molecule has 2 aliphatic rings. The van der Waals surface area contributed by atoms with E-state index in [0.29, 0.717) is 11.8 Å². The van der Waals surface area contributed by atoms with E-state index in [1.807, 2.05) is 0 Å². The van der Waals surface area contributed by atoms with Crippen LogP contribution in [0.4, 0.5) is 0 Å². The zero-order valence-corrected chi connectivity index (χ0v) is 11.5.